The Morgan fingerprint density at radius 1 is 1.12 bits per heavy atom. The van der Waals surface area contributed by atoms with Gasteiger partial charge in [0, 0.05) is 18.0 Å². The summed E-state index contributed by atoms with van der Waals surface area (Å²) in [7, 11) is 0. The number of carboxylic acid groups (broad SMARTS) is 1. The van der Waals surface area contributed by atoms with Crippen LogP contribution in [0.5, 0.6) is 5.88 Å². The molecule has 0 fully saturated rings. The van der Waals surface area contributed by atoms with E-state index < -0.39 is 11.8 Å². The van der Waals surface area contributed by atoms with Crippen LogP contribution in [0.2, 0.25) is 0 Å². The number of halogens is 1. The fourth-order valence-electron chi connectivity index (χ4n) is 1.93. The summed E-state index contributed by atoms with van der Waals surface area (Å²) in [6.07, 6.45) is 5.70. The van der Waals surface area contributed by atoms with Crippen LogP contribution in [0.3, 0.4) is 0 Å². The highest BCUT2D eigenvalue weighted by atomic mass is 19.1. The van der Waals surface area contributed by atoms with Crippen molar-refractivity contribution in [2.45, 2.75) is 6.61 Å². The Morgan fingerprint density at radius 2 is 1.92 bits per heavy atom. The molecule has 0 saturated carbocycles. The van der Waals surface area contributed by atoms with E-state index in [4.69, 9.17) is 9.84 Å². The van der Waals surface area contributed by atoms with Crippen LogP contribution >= 0.6 is 0 Å². The van der Waals surface area contributed by atoms with Gasteiger partial charge < -0.3 is 9.84 Å². The lowest BCUT2D eigenvalue weighted by atomic mass is 10.1. The van der Waals surface area contributed by atoms with Gasteiger partial charge in [-0.15, -0.1) is 0 Å². The predicted molar refractivity (Wildman–Crippen MR) is 80.7 cm³/mol. The molecule has 0 unspecified atom stereocenters. The van der Waals surface area contributed by atoms with Gasteiger partial charge in [0.25, 0.3) is 0 Å². The van der Waals surface area contributed by atoms with Gasteiger partial charge in [0.1, 0.15) is 18.1 Å². The highest BCUT2D eigenvalue weighted by Crippen LogP contribution is 2.27. The van der Waals surface area contributed by atoms with E-state index >= 15 is 0 Å². The molecular weight excluding hydrogens is 315 g/mol. The van der Waals surface area contributed by atoms with Crippen LogP contribution < -0.4 is 4.74 Å². The zero-order chi connectivity index (χ0) is 16.9. The number of aromatic nitrogens is 4. The third-order valence-electron chi connectivity index (χ3n) is 3.05. The van der Waals surface area contributed by atoms with E-state index in [0.29, 0.717) is 11.3 Å². The van der Waals surface area contributed by atoms with Crippen LogP contribution in [0.25, 0.3) is 11.3 Å². The molecular formula is C16H11FN4O3. The number of carboxylic acids is 1. The first-order chi connectivity index (χ1) is 11.6. The number of ether oxygens (including phenoxy) is 1. The van der Waals surface area contributed by atoms with Gasteiger partial charge in [0.15, 0.2) is 5.69 Å². The highest BCUT2D eigenvalue weighted by molar-refractivity contribution is 5.86. The van der Waals surface area contributed by atoms with Gasteiger partial charge in [0.2, 0.25) is 5.88 Å². The van der Waals surface area contributed by atoms with Crippen molar-refractivity contribution in [1.82, 2.24) is 19.9 Å². The third kappa shape index (κ3) is 3.49. The normalized spacial score (nSPS) is 10.4. The second-order valence-electron chi connectivity index (χ2n) is 4.71. The molecule has 3 aromatic rings. The molecule has 0 radical (unpaired) electrons. The number of carbonyl (C=O) groups is 1. The number of aromatic carboxylic acids is 1. The van der Waals surface area contributed by atoms with Gasteiger partial charge >= 0.3 is 5.97 Å². The summed E-state index contributed by atoms with van der Waals surface area (Å²) in [6.45, 7) is 0.0864. The molecule has 7 nitrogen and oxygen atoms in total. The summed E-state index contributed by atoms with van der Waals surface area (Å²) < 4.78 is 18.7. The molecule has 1 N–H and O–H groups in total. The molecule has 3 rings (SSSR count). The molecule has 2 aromatic heterocycles. The standard InChI is InChI=1S/C16H11FN4O3/c17-11-3-1-10(2-4-11)14-15(20-8-13(21-14)16(22)23)24-9-12-7-18-5-6-19-12/h1-8H,9H2,(H,22,23). The molecule has 0 spiro atoms. The summed E-state index contributed by atoms with van der Waals surface area (Å²) >= 11 is 0. The first-order valence-electron chi connectivity index (χ1n) is 6.87. The SMILES string of the molecule is O=C(O)c1cnc(OCc2cnccn2)c(-c2ccc(F)cc2)n1. The molecule has 0 atom stereocenters. The summed E-state index contributed by atoms with van der Waals surface area (Å²) in [5.41, 5.74) is 1.03. The molecule has 2 heterocycles. The Labute approximate surface area is 135 Å². The minimum absolute atomic E-state index is 0.0864. The van der Waals surface area contributed by atoms with Crippen molar-refractivity contribution in [3.63, 3.8) is 0 Å². The smallest absolute Gasteiger partial charge is 0.356 e. The molecule has 0 aliphatic heterocycles. The quantitative estimate of drug-likeness (QED) is 0.768. The Balaban J connectivity index is 1.95. The molecule has 0 aliphatic rings. The predicted octanol–water partition coefficient (Wildman–Crippen LogP) is 2.35. The number of rotatable bonds is 5. The zero-order valence-corrected chi connectivity index (χ0v) is 12.3. The van der Waals surface area contributed by atoms with E-state index in [2.05, 4.69) is 19.9 Å². The van der Waals surface area contributed by atoms with Crippen LogP contribution in [0.4, 0.5) is 4.39 Å². The third-order valence-corrected chi connectivity index (χ3v) is 3.05. The van der Waals surface area contributed by atoms with E-state index in [1.807, 2.05) is 0 Å². The second kappa shape index (κ2) is 6.78. The van der Waals surface area contributed by atoms with E-state index in [9.17, 15) is 9.18 Å². The number of benzene rings is 1. The first kappa shape index (κ1) is 15.5. The topological polar surface area (TPSA) is 98.1 Å². The van der Waals surface area contributed by atoms with Crippen molar-refractivity contribution >= 4 is 5.97 Å². The van der Waals surface area contributed by atoms with E-state index in [1.54, 1.807) is 0 Å². The van der Waals surface area contributed by atoms with Gasteiger partial charge in [-0.1, -0.05) is 0 Å². The highest BCUT2D eigenvalue weighted by Gasteiger charge is 2.15. The van der Waals surface area contributed by atoms with Crippen molar-refractivity contribution in [3.05, 3.63) is 66.3 Å². The molecule has 1 aromatic carbocycles. The van der Waals surface area contributed by atoms with Crippen molar-refractivity contribution in [1.29, 1.82) is 0 Å². The van der Waals surface area contributed by atoms with Gasteiger partial charge in [-0.05, 0) is 24.3 Å². The van der Waals surface area contributed by atoms with Gasteiger partial charge in [0.05, 0.1) is 18.1 Å². The molecule has 0 saturated heterocycles. The number of nitrogens with zero attached hydrogens (tertiary/aromatic N) is 4. The maximum absolute atomic E-state index is 13.1. The molecule has 8 heteroatoms. The van der Waals surface area contributed by atoms with Crippen LogP contribution in [0, 0.1) is 5.82 Å². The van der Waals surface area contributed by atoms with E-state index in [0.717, 1.165) is 6.20 Å². The summed E-state index contributed by atoms with van der Waals surface area (Å²) in [4.78, 5) is 27.2. The molecule has 0 aliphatic carbocycles. The van der Waals surface area contributed by atoms with Crippen molar-refractivity contribution in [3.8, 4) is 17.1 Å². The minimum Gasteiger partial charge on any atom is -0.476 e. The lowest BCUT2D eigenvalue weighted by Crippen LogP contribution is -2.07. The molecule has 24 heavy (non-hydrogen) atoms. The van der Waals surface area contributed by atoms with Crippen LogP contribution in [-0.4, -0.2) is 31.0 Å². The zero-order valence-electron chi connectivity index (χ0n) is 12.3. The molecule has 0 bridgehead atoms. The van der Waals surface area contributed by atoms with Gasteiger partial charge in [-0.25, -0.2) is 19.2 Å². The van der Waals surface area contributed by atoms with E-state index in [1.165, 1.54) is 42.9 Å². The van der Waals surface area contributed by atoms with Gasteiger partial charge in [-0.3, -0.25) is 9.97 Å². The fourth-order valence-corrected chi connectivity index (χ4v) is 1.93. The number of hydrogen-bond acceptors (Lipinski definition) is 6. The minimum atomic E-state index is -1.22. The van der Waals surface area contributed by atoms with Gasteiger partial charge in [-0.2, -0.15) is 0 Å². The molecule has 120 valence electrons. The second-order valence-corrected chi connectivity index (χ2v) is 4.71. The van der Waals surface area contributed by atoms with Crippen molar-refractivity contribution < 1.29 is 19.0 Å². The average Bonchev–Trinajstić information content (AvgIpc) is 2.61. The lowest BCUT2D eigenvalue weighted by Gasteiger charge is -2.10. The summed E-state index contributed by atoms with van der Waals surface area (Å²) in [6, 6.07) is 5.44. The lowest BCUT2D eigenvalue weighted by molar-refractivity contribution is 0.0690. The summed E-state index contributed by atoms with van der Waals surface area (Å²) in [5, 5.41) is 9.08. The van der Waals surface area contributed by atoms with Crippen molar-refractivity contribution in [2.75, 3.05) is 0 Å². The monoisotopic (exact) mass is 326 g/mol. The number of hydrogen-bond donors (Lipinski definition) is 1. The van der Waals surface area contributed by atoms with Crippen molar-refractivity contribution in [2.24, 2.45) is 0 Å². The van der Waals surface area contributed by atoms with E-state index in [-0.39, 0.29) is 23.9 Å². The maximum Gasteiger partial charge on any atom is 0.356 e. The van der Waals surface area contributed by atoms with Crippen LogP contribution in [-0.2, 0) is 6.61 Å². The van der Waals surface area contributed by atoms with Crippen LogP contribution in [0.1, 0.15) is 16.2 Å². The Kier molecular flexibility index (Phi) is 4.37. The Bertz CT molecular complexity index is 857. The Hall–Kier alpha value is -3.42. The largest absolute Gasteiger partial charge is 0.476 e. The average molecular weight is 326 g/mol. The maximum atomic E-state index is 13.1. The first-order valence-corrected chi connectivity index (χ1v) is 6.87. The fraction of sp³-hybridized carbons (Fsp3) is 0.0625. The Morgan fingerprint density at radius 3 is 2.58 bits per heavy atom. The summed E-state index contributed by atoms with van der Waals surface area (Å²) in [5.74, 6) is -1.51. The van der Waals surface area contributed by atoms with Crippen LogP contribution in [0.15, 0.2) is 49.1 Å². The molecule has 0 amide bonds.